The molecule has 0 spiro atoms. The van der Waals surface area contributed by atoms with E-state index in [9.17, 15) is 14.4 Å². The standard InChI is InChI=1S/C57H110O6/c1-4-7-10-13-16-19-22-24-26-28-30-32-35-38-41-44-47-50-56(59)62-53-54(52-61-55(58)49-46-43-40-37-34-21-18-15-12-9-6-3)63-57(60)51-48-45-42-39-36-33-31-29-27-25-23-20-17-14-11-8-5-2/h54H,4-53H2,1-3H3/t54-/m0/s1. The predicted octanol–water partition coefficient (Wildman–Crippen LogP) is 18.8. The molecule has 0 aromatic carbocycles. The summed E-state index contributed by atoms with van der Waals surface area (Å²) in [4.78, 5) is 38.1. The van der Waals surface area contributed by atoms with Crippen LogP contribution in [0.1, 0.15) is 329 Å². The minimum Gasteiger partial charge on any atom is -0.462 e. The highest BCUT2D eigenvalue weighted by atomic mass is 16.6. The first-order valence-electron chi connectivity index (χ1n) is 28.5. The Hall–Kier alpha value is -1.59. The molecule has 63 heavy (non-hydrogen) atoms. The Morgan fingerprint density at radius 1 is 0.254 bits per heavy atom. The zero-order chi connectivity index (χ0) is 45.8. The van der Waals surface area contributed by atoms with Crippen LogP contribution in [0.3, 0.4) is 0 Å². The van der Waals surface area contributed by atoms with Crippen molar-refractivity contribution >= 4 is 17.9 Å². The second-order valence-electron chi connectivity index (χ2n) is 19.6. The molecule has 0 bridgehead atoms. The number of ether oxygens (including phenoxy) is 3. The molecule has 0 heterocycles. The number of esters is 3. The molecule has 0 saturated carbocycles. The van der Waals surface area contributed by atoms with Crippen molar-refractivity contribution in [2.24, 2.45) is 0 Å². The summed E-state index contributed by atoms with van der Waals surface area (Å²) in [7, 11) is 0. The van der Waals surface area contributed by atoms with Crippen LogP contribution in [0.5, 0.6) is 0 Å². The van der Waals surface area contributed by atoms with Gasteiger partial charge in [0.1, 0.15) is 13.2 Å². The molecule has 0 aliphatic rings. The van der Waals surface area contributed by atoms with E-state index >= 15 is 0 Å². The fraction of sp³-hybridized carbons (Fsp3) is 0.947. The molecule has 0 fully saturated rings. The minimum absolute atomic E-state index is 0.0612. The van der Waals surface area contributed by atoms with E-state index in [0.717, 1.165) is 57.8 Å². The molecular formula is C57H110O6. The minimum atomic E-state index is -0.760. The summed E-state index contributed by atoms with van der Waals surface area (Å²) >= 11 is 0. The molecule has 0 aromatic rings. The molecule has 0 aliphatic carbocycles. The van der Waals surface area contributed by atoms with E-state index < -0.39 is 6.10 Å². The van der Waals surface area contributed by atoms with E-state index in [-0.39, 0.29) is 31.1 Å². The smallest absolute Gasteiger partial charge is 0.306 e. The first-order valence-corrected chi connectivity index (χ1v) is 28.5. The van der Waals surface area contributed by atoms with Crippen molar-refractivity contribution in [1.29, 1.82) is 0 Å². The zero-order valence-electron chi connectivity index (χ0n) is 42.9. The molecule has 0 saturated heterocycles. The maximum atomic E-state index is 12.8. The lowest BCUT2D eigenvalue weighted by molar-refractivity contribution is -0.167. The topological polar surface area (TPSA) is 78.9 Å². The summed E-state index contributed by atoms with van der Waals surface area (Å²) in [6.07, 6.45) is 58.0. The van der Waals surface area contributed by atoms with Crippen LogP contribution < -0.4 is 0 Å². The Labute approximate surface area is 393 Å². The maximum absolute atomic E-state index is 12.8. The van der Waals surface area contributed by atoms with Gasteiger partial charge >= 0.3 is 17.9 Å². The number of carbonyl (C=O) groups excluding carboxylic acids is 3. The molecule has 6 nitrogen and oxygen atoms in total. The highest BCUT2D eigenvalue weighted by Gasteiger charge is 2.19. The van der Waals surface area contributed by atoms with Gasteiger partial charge in [-0.2, -0.15) is 0 Å². The average molecular weight is 892 g/mol. The SMILES string of the molecule is CCCCCCCCCCCCCCCCCCCC(=O)OC[C@H](COC(=O)CCCCCCCCCCCCC)OC(=O)CCCCCCCCCCCCCCCCCCC. The van der Waals surface area contributed by atoms with E-state index in [4.69, 9.17) is 14.2 Å². The third kappa shape index (κ3) is 51.3. The Kier molecular flexibility index (Phi) is 51.7. The van der Waals surface area contributed by atoms with Gasteiger partial charge < -0.3 is 14.2 Å². The maximum Gasteiger partial charge on any atom is 0.306 e. The van der Waals surface area contributed by atoms with Crippen LogP contribution in [0.4, 0.5) is 0 Å². The Bertz CT molecular complexity index is 936. The quantitative estimate of drug-likeness (QED) is 0.0344. The fourth-order valence-electron chi connectivity index (χ4n) is 8.80. The highest BCUT2D eigenvalue weighted by molar-refractivity contribution is 5.71. The summed E-state index contributed by atoms with van der Waals surface area (Å²) in [5.41, 5.74) is 0. The van der Waals surface area contributed by atoms with Crippen molar-refractivity contribution in [3.63, 3.8) is 0 Å². The first kappa shape index (κ1) is 61.4. The number of rotatable bonds is 53. The highest BCUT2D eigenvalue weighted by Crippen LogP contribution is 2.18. The molecular weight excluding hydrogens is 781 g/mol. The summed E-state index contributed by atoms with van der Waals surface area (Å²) < 4.78 is 16.9. The van der Waals surface area contributed by atoms with Crippen molar-refractivity contribution in [2.75, 3.05) is 13.2 Å². The molecule has 0 radical (unpaired) electrons. The second-order valence-corrected chi connectivity index (χ2v) is 19.6. The van der Waals surface area contributed by atoms with Gasteiger partial charge in [-0.15, -0.1) is 0 Å². The first-order chi connectivity index (χ1) is 31.0. The zero-order valence-corrected chi connectivity index (χ0v) is 42.9. The van der Waals surface area contributed by atoms with Crippen LogP contribution in [0.15, 0.2) is 0 Å². The molecule has 1 atom stereocenters. The van der Waals surface area contributed by atoms with Crippen LogP contribution >= 0.6 is 0 Å². The molecule has 0 rings (SSSR count). The van der Waals surface area contributed by atoms with Crippen molar-refractivity contribution in [2.45, 2.75) is 335 Å². The summed E-state index contributed by atoms with van der Waals surface area (Å²) in [5, 5.41) is 0. The van der Waals surface area contributed by atoms with Gasteiger partial charge in [0.05, 0.1) is 0 Å². The van der Waals surface area contributed by atoms with Crippen LogP contribution in [0, 0.1) is 0 Å². The van der Waals surface area contributed by atoms with E-state index in [2.05, 4.69) is 20.8 Å². The van der Waals surface area contributed by atoms with Gasteiger partial charge in [-0.25, -0.2) is 0 Å². The van der Waals surface area contributed by atoms with Crippen LogP contribution in [-0.2, 0) is 28.6 Å². The Balaban J connectivity index is 4.26. The largest absolute Gasteiger partial charge is 0.462 e. The summed E-state index contributed by atoms with van der Waals surface area (Å²) in [6.45, 7) is 6.70. The van der Waals surface area contributed by atoms with Gasteiger partial charge in [-0.05, 0) is 19.3 Å². The van der Waals surface area contributed by atoms with Crippen molar-refractivity contribution in [3.8, 4) is 0 Å². The lowest BCUT2D eigenvalue weighted by Gasteiger charge is -2.18. The summed E-state index contributed by atoms with van der Waals surface area (Å²) in [6, 6.07) is 0. The van der Waals surface area contributed by atoms with Crippen LogP contribution in [-0.4, -0.2) is 37.2 Å². The van der Waals surface area contributed by atoms with Gasteiger partial charge in [0.25, 0.3) is 0 Å². The Morgan fingerprint density at radius 3 is 0.635 bits per heavy atom. The van der Waals surface area contributed by atoms with Gasteiger partial charge in [-0.3, -0.25) is 14.4 Å². The number of hydrogen-bond donors (Lipinski definition) is 0. The fourth-order valence-corrected chi connectivity index (χ4v) is 8.80. The van der Waals surface area contributed by atoms with Crippen LogP contribution in [0.2, 0.25) is 0 Å². The van der Waals surface area contributed by atoms with E-state index in [1.165, 1.54) is 231 Å². The number of hydrogen-bond acceptors (Lipinski definition) is 6. The second kappa shape index (κ2) is 53.0. The van der Waals surface area contributed by atoms with Crippen molar-refractivity contribution < 1.29 is 28.6 Å². The molecule has 0 unspecified atom stereocenters. The average Bonchev–Trinajstić information content (AvgIpc) is 3.28. The van der Waals surface area contributed by atoms with Gasteiger partial charge in [0.15, 0.2) is 6.10 Å². The predicted molar refractivity (Wildman–Crippen MR) is 270 cm³/mol. The third-order valence-corrected chi connectivity index (χ3v) is 13.1. The van der Waals surface area contributed by atoms with Gasteiger partial charge in [0.2, 0.25) is 0 Å². The Morgan fingerprint density at radius 2 is 0.429 bits per heavy atom. The normalized spacial score (nSPS) is 11.9. The lowest BCUT2D eigenvalue weighted by atomic mass is 10.0. The van der Waals surface area contributed by atoms with Gasteiger partial charge in [0, 0.05) is 19.3 Å². The molecule has 0 N–H and O–H groups in total. The summed E-state index contributed by atoms with van der Waals surface area (Å²) in [5.74, 6) is -0.834. The van der Waals surface area contributed by atoms with Crippen LogP contribution in [0.25, 0.3) is 0 Å². The van der Waals surface area contributed by atoms with Crippen molar-refractivity contribution in [1.82, 2.24) is 0 Å². The number of carbonyl (C=O) groups is 3. The van der Waals surface area contributed by atoms with E-state index in [1.807, 2.05) is 0 Å². The third-order valence-electron chi connectivity index (χ3n) is 13.1. The molecule has 0 aromatic heterocycles. The molecule has 374 valence electrons. The monoisotopic (exact) mass is 891 g/mol. The number of unbranched alkanes of at least 4 members (excludes halogenated alkanes) is 42. The molecule has 0 aliphatic heterocycles. The molecule has 6 heteroatoms. The van der Waals surface area contributed by atoms with Gasteiger partial charge in [-0.1, -0.05) is 290 Å². The van der Waals surface area contributed by atoms with E-state index in [1.54, 1.807) is 0 Å². The molecule has 0 amide bonds. The van der Waals surface area contributed by atoms with Crippen molar-refractivity contribution in [3.05, 3.63) is 0 Å². The lowest BCUT2D eigenvalue weighted by Crippen LogP contribution is -2.30. The van der Waals surface area contributed by atoms with E-state index in [0.29, 0.717) is 19.3 Å².